The van der Waals surface area contributed by atoms with Crippen LogP contribution in [-0.4, -0.2) is 220 Å². The number of carboxylic acid groups (broad SMARTS) is 5. The Bertz CT molecular complexity index is 2620. The summed E-state index contributed by atoms with van der Waals surface area (Å²) in [6.45, 7) is 1.55. The second kappa shape index (κ2) is 40.9. The van der Waals surface area contributed by atoms with Crippen molar-refractivity contribution in [2.75, 3.05) is 91.7 Å². The Labute approximate surface area is 492 Å². The predicted molar refractivity (Wildman–Crippen MR) is 309 cm³/mol. The molecule has 0 bridgehead atoms. The first-order valence-corrected chi connectivity index (χ1v) is 28.4. The normalized spacial score (nSPS) is 12.2. The Kier molecular flexibility index (Phi) is 34.2. The van der Waals surface area contributed by atoms with Gasteiger partial charge in [-0.15, -0.1) is 0 Å². The molecule has 0 fully saturated rings. The Morgan fingerprint density at radius 1 is 0.565 bits per heavy atom. The van der Waals surface area contributed by atoms with Crippen molar-refractivity contribution in [3.05, 3.63) is 77.6 Å². The first-order chi connectivity index (χ1) is 40.8. The lowest BCUT2D eigenvalue weighted by molar-refractivity contribution is -0.140. The molecule has 0 spiro atoms. The third-order valence-corrected chi connectivity index (χ3v) is 13.4. The second-order valence-corrected chi connectivity index (χ2v) is 20.3. The van der Waals surface area contributed by atoms with E-state index in [-0.39, 0.29) is 115 Å². The van der Waals surface area contributed by atoms with Gasteiger partial charge < -0.3 is 77.6 Å². The highest BCUT2D eigenvalue weighted by molar-refractivity contribution is 5.95. The number of carbonyl (C=O) groups is 11. The van der Waals surface area contributed by atoms with Gasteiger partial charge in [-0.2, -0.15) is 0 Å². The van der Waals surface area contributed by atoms with Gasteiger partial charge in [-0.3, -0.25) is 48.3 Å². The zero-order valence-electron chi connectivity index (χ0n) is 47.8. The van der Waals surface area contributed by atoms with Gasteiger partial charge in [-0.05, 0) is 80.5 Å². The van der Waals surface area contributed by atoms with Crippen molar-refractivity contribution in [1.82, 2.24) is 56.9 Å². The maximum absolute atomic E-state index is 14.1. The summed E-state index contributed by atoms with van der Waals surface area (Å²) in [6, 6.07) is 12.1. The Balaban J connectivity index is 1.38. The number of fused-ring (bicyclic) bond motifs is 1. The highest BCUT2D eigenvalue weighted by Gasteiger charge is 2.27. The number of aliphatic hydroxyl groups excluding tert-OH is 1. The van der Waals surface area contributed by atoms with Gasteiger partial charge in [0, 0.05) is 101 Å². The van der Waals surface area contributed by atoms with Crippen LogP contribution >= 0.6 is 0 Å². The number of amides is 6. The summed E-state index contributed by atoms with van der Waals surface area (Å²) in [4.78, 5) is 142. The van der Waals surface area contributed by atoms with Crippen LogP contribution in [-0.2, 0) is 56.2 Å². The van der Waals surface area contributed by atoms with Crippen molar-refractivity contribution in [3.8, 4) is 0 Å². The number of rotatable bonds is 47. The summed E-state index contributed by atoms with van der Waals surface area (Å²) < 4.78 is 0. The van der Waals surface area contributed by atoms with E-state index < -0.39 is 66.9 Å². The van der Waals surface area contributed by atoms with Gasteiger partial charge in [0.1, 0.15) is 18.4 Å². The molecule has 0 aliphatic carbocycles. The number of aldehydes is 1. The van der Waals surface area contributed by atoms with E-state index in [1.807, 2.05) is 30.3 Å². The monoisotopic (exact) mass is 1190 g/mol. The molecule has 1 unspecified atom stereocenters. The van der Waals surface area contributed by atoms with Gasteiger partial charge in [0.2, 0.25) is 17.7 Å². The molecule has 28 heteroatoms. The fourth-order valence-corrected chi connectivity index (χ4v) is 8.80. The van der Waals surface area contributed by atoms with E-state index in [4.69, 9.17) is 10.2 Å². The van der Waals surface area contributed by atoms with Gasteiger partial charge in [0.05, 0.1) is 45.0 Å². The number of nitrogens with zero attached hydrogens (tertiary/aromatic N) is 4. The number of aliphatic carboxylic acids is 5. The van der Waals surface area contributed by atoms with Crippen LogP contribution in [0.2, 0.25) is 0 Å². The summed E-state index contributed by atoms with van der Waals surface area (Å²) in [7, 11) is 0. The SMILES string of the molecule is O=CC(CO)C[C@@H](NC(=O)N[C@H](CCCCN(Cc1nccc2ccccc12)C(=O)c1ccc(CNC(=O)CCCCNC(=O)CCCCCCNC(=O)CN(CCNCC(=O)O)CCN(CCNCC(=O)O)CC(=O)O)cc1)C(=O)O)C(=O)O. The van der Waals surface area contributed by atoms with E-state index in [2.05, 4.69) is 42.2 Å². The van der Waals surface area contributed by atoms with Crippen LogP contribution in [0, 0.1) is 5.92 Å². The molecule has 6 amide bonds. The predicted octanol–water partition coefficient (Wildman–Crippen LogP) is 0.457. The minimum absolute atomic E-state index is 0.00306. The molecule has 13 N–H and O–H groups in total. The van der Waals surface area contributed by atoms with Crippen molar-refractivity contribution in [3.63, 3.8) is 0 Å². The van der Waals surface area contributed by atoms with Crippen molar-refractivity contribution >= 4 is 76.6 Å². The number of benzene rings is 2. The first kappa shape index (κ1) is 71.1. The van der Waals surface area contributed by atoms with Crippen molar-refractivity contribution in [2.24, 2.45) is 5.92 Å². The number of aliphatic hydroxyl groups is 1. The number of carbonyl (C=O) groups excluding carboxylic acids is 6. The van der Waals surface area contributed by atoms with Crippen molar-refractivity contribution in [1.29, 1.82) is 0 Å². The zero-order valence-corrected chi connectivity index (χ0v) is 47.8. The van der Waals surface area contributed by atoms with Gasteiger partial charge in [0.15, 0.2) is 0 Å². The Morgan fingerprint density at radius 2 is 1.14 bits per heavy atom. The molecule has 1 aromatic heterocycles. The lowest BCUT2D eigenvalue weighted by Gasteiger charge is -2.26. The molecular formula is C57H83N11O17. The third kappa shape index (κ3) is 30.8. The molecule has 0 saturated heterocycles. The van der Waals surface area contributed by atoms with Gasteiger partial charge in [-0.1, -0.05) is 49.2 Å². The number of carboxylic acids is 5. The molecule has 0 radical (unpaired) electrons. The van der Waals surface area contributed by atoms with Crippen LogP contribution in [0.25, 0.3) is 10.8 Å². The summed E-state index contributed by atoms with van der Waals surface area (Å²) >= 11 is 0. The van der Waals surface area contributed by atoms with Crippen LogP contribution in [0.4, 0.5) is 4.79 Å². The lowest BCUT2D eigenvalue weighted by Crippen LogP contribution is -2.51. The highest BCUT2D eigenvalue weighted by Crippen LogP contribution is 2.20. The first-order valence-electron chi connectivity index (χ1n) is 28.4. The Hall–Kier alpha value is -8.18. The average molecular weight is 1190 g/mol. The van der Waals surface area contributed by atoms with E-state index in [0.29, 0.717) is 82.2 Å². The molecule has 3 rings (SSSR count). The van der Waals surface area contributed by atoms with E-state index in [1.54, 1.807) is 45.2 Å². The molecule has 1 heterocycles. The molecule has 3 aromatic rings. The number of unbranched alkanes of at least 4 members (excludes halogenated alkanes) is 5. The van der Waals surface area contributed by atoms with Crippen LogP contribution in [0.1, 0.15) is 98.7 Å². The number of pyridine rings is 1. The van der Waals surface area contributed by atoms with Crippen LogP contribution in [0.3, 0.4) is 0 Å². The zero-order chi connectivity index (χ0) is 62.4. The van der Waals surface area contributed by atoms with E-state index >= 15 is 0 Å². The van der Waals surface area contributed by atoms with Crippen molar-refractivity contribution in [2.45, 2.75) is 102 Å². The molecule has 28 nitrogen and oxygen atoms in total. The highest BCUT2D eigenvalue weighted by atomic mass is 16.4. The maximum Gasteiger partial charge on any atom is 0.326 e. The minimum Gasteiger partial charge on any atom is -0.480 e. The molecule has 0 saturated carbocycles. The van der Waals surface area contributed by atoms with Gasteiger partial charge in [0.25, 0.3) is 5.91 Å². The quantitative estimate of drug-likeness (QED) is 0.0270. The molecule has 0 aliphatic heterocycles. The molecule has 85 heavy (non-hydrogen) atoms. The maximum atomic E-state index is 14.1. The summed E-state index contributed by atoms with van der Waals surface area (Å²) in [5.74, 6) is -7.89. The summed E-state index contributed by atoms with van der Waals surface area (Å²) in [5, 5.41) is 76.0. The van der Waals surface area contributed by atoms with E-state index in [1.165, 1.54) is 0 Å². The fraction of sp³-hybridized carbons (Fsp3) is 0.544. The lowest BCUT2D eigenvalue weighted by atomic mass is 10.0. The summed E-state index contributed by atoms with van der Waals surface area (Å²) in [6.07, 6.45) is 6.65. The van der Waals surface area contributed by atoms with Crippen molar-refractivity contribution < 1.29 is 83.4 Å². The van der Waals surface area contributed by atoms with Gasteiger partial charge in [-0.25, -0.2) is 14.4 Å². The Morgan fingerprint density at radius 3 is 1.75 bits per heavy atom. The van der Waals surface area contributed by atoms with E-state index in [0.717, 1.165) is 29.2 Å². The molecule has 0 aliphatic rings. The van der Waals surface area contributed by atoms with Crippen LogP contribution in [0.5, 0.6) is 0 Å². The molecular weight excluding hydrogens is 1110 g/mol. The largest absolute Gasteiger partial charge is 0.480 e. The second-order valence-electron chi connectivity index (χ2n) is 20.3. The molecule has 2 aromatic carbocycles. The minimum atomic E-state index is -1.56. The number of hydrogen-bond acceptors (Lipinski definition) is 17. The number of nitrogens with one attached hydrogen (secondary N) is 7. The standard InChI is InChI=1S/C57H83N11O17/c69-38-41(39-70)31-46(56(83)84)65-57(85)64-45(55(81)82)13-7-10-26-68(35-47-44-12-5-4-11-42(44)20-23-60-47)54(80)43-18-16-40(17-19-43)32-63-49(72)15-6-9-22-61-48(71)14-3-1-2-8-21-62-50(73)36-66(27-24-58-33-51(74)75)29-30-67(37-53(78)79)28-25-59-34-52(76)77/h4-5,11-12,16-20,23,38,41,45-46,58-59,70H,1-3,6-10,13-15,21-22,24-37,39H2,(H,61,71)(H,62,73)(H,63,72)(H,74,75)(H,76,77)(H,78,79)(H,81,82)(H,83,84)(H2,64,65,85)/t41?,45-,46-/m1/s1. The number of hydrogen-bond donors (Lipinski definition) is 13. The van der Waals surface area contributed by atoms with Gasteiger partial charge >= 0.3 is 35.9 Å². The third-order valence-electron chi connectivity index (χ3n) is 13.4. The summed E-state index contributed by atoms with van der Waals surface area (Å²) in [5.41, 5.74) is 1.74. The molecule has 468 valence electrons. The average Bonchev–Trinajstić information content (AvgIpc) is 3.08. The van der Waals surface area contributed by atoms with E-state index in [9.17, 15) is 73.2 Å². The topological polar surface area (TPSA) is 416 Å². The smallest absolute Gasteiger partial charge is 0.326 e. The van der Waals surface area contributed by atoms with Crippen LogP contribution < -0.4 is 37.2 Å². The fourth-order valence-electron chi connectivity index (χ4n) is 8.80. The molecule has 3 atom stereocenters. The van der Waals surface area contributed by atoms with Crippen LogP contribution in [0.15, 0.2) is 60.8 Å². The number of aromatic nitrogens is 1. The number of urea groups is 1.